The molecule has 8 heteroatoms. The Hall–Kier alpha value is -2.44. The summed E-state index contributed by atoms with van der Waals surface area (Å²) in [5.74, 6) is -2.05. The Kier molecular flexibility index (Phi) is 5.01. The van der Waals surface area contributed by atoms with Gasteiger partial charge in [0.25, 0.3) is 5.91 Å². The number of amides is 1. The van der Waals surface area contributed by atoms with Crippen molar-refractivity contribution in [2.75, 3.05) is 5.32 Å². The van der Waals surface area contributed by atoms with Gasteiger partial charge in [0.2, 0.25) is 0 Å². The SMILES string of the molecule is O=C(Nc1ccnn1Cc1ccc(Cl)cc1Cl)c1ccc(F)cc1F. The summed E-state index contributed by atoms with van der Waals surface area (Å²) < 4.78 is 28.2. The van der Waals surface area contributed by atoms with E-state index in [1.807, 2.05) is 0 Å². The zero-order valence-electron chi connectivity index (χ0n) is 12.6. The number of hydrogen-bond donors (Lipinski definition) is 1. The van der Waals surface area contributed by atoms with Gasteiger partial charge >= 0.3 is 0 Å². The summed E-state index contributed by atoms with van der Waals surface area (Å²) >= 11 is 12.0. The van der Waals surface area contributed by atoms with Crippen LogP contribution in [0, 0.1) is 11.6 Å². The number of benzene rings is 2. The summed E-state index contributed by atoms with van der Waals surface area (Å²) in [6.45, 7) is 0.282. The summed E-state index contributed by atoms with van der Waals surface area (Å²) in [5, 5.41) is 7.63. The first-order chi connectivity index (χ1) is 11.9. The molecule has 1 aromatic heterocycles. The van der Waals surface area contributed by atoms with Gasteiger partial charge in [-0.1, -0.05) is 29.3 Å². The van der Waals surface area contributed by atoms with E-state index in [-0.39, 0.29) is 12.1 Å². The summed E-state index contributed by atoms with van der Waals surface area (Å²) in [6.07, 6.45) is 1.49. The summed E-state index contributed by atoms with van der Waals surface area (Å²) in [4.78, 5) is 12.2. The molecule has 0 aliphatic rings. The number of halogens is 4. The van der Waals surface area contributed by atoms with Gasteiger partial charge in [-0.25, -0.2) is 13.5 Å². The van der Waals surface area contributed by atoms with E-state index in [1.54, 1.807) is 24.3 Å². The van der Waals surface area contributed by atoms with Gasteiger partial charge in [-0.2, -0.15) is 5.10 Å². The van der Waals surface area contributed by atoms with Crippen molar-refractivity contribution in [3.8, 4) is 0 Å². The first-order valence-electron chi connectivity index (χ1n) is 7.16. The zero-order chi connectivity index (χ0) is 18.0. The predicted molar refractivity (Wildman–Crippen MR) is 92.1 cm³/mol. The lowest BCUT2D eigenvalue weighted by Crippen LogP contribution is -2.17. The number of nitrogens with one attached hydrogen (secondary N) is 1. The molecular formula is C17H11Cl2F2N3O. The molecule has 0 saturated carbocycles. The minimum absolute atomic E-state index is 0.265. The minimum atomic E-state index is -0.940. The van der Waals surface area contributed by atoms with Crippen molar-refractivity contribution in [3.05, 3.63) is 81.5 Å². The van der Waals surface area contributed by atoms with Crippen molar-refractivity contribution in [3.63, 3.8) is 0 Å². The fraction of sp³-hybridized carbons (Fsp3) is 0.0588. The van der Waals surface area contributed by atoms with E-state index in [0.717, 1.165) is 17.7 Å². The Bertz CT molecular complexity index is 943. The molecule has 0 atom stereocenters. The normalized spacial score (nSPS) is 10.7. The van der Waals surface area contributed by atoms with Gasteiger partial charge in [0.15, 0.2) is 0 Å². The van der Waals surface area contributed by atoms with Crippen LogP contribution in [0.3, 0.4) is 0 Å². The predicted octanol–water partition coefficient (Wildman–Crippen LogP) is 4.77. The van der Waals surface area contributed by atoms with Gasteiger partial charge < -0.3 is 5.32 Å². The highest BCUT2D eigenvalue weighted by Crippen LogP contribution is 2.23. The standard InChI is InChI=1S/C17H11Cl2F2N3O/c18-11-2-1-10(14(19)7-11)9-24-16(5-6-22-24)23-17(25)13-4-3-12(20)8-15(13)21/h1-8H,9H2,(H,23,25). The first-order valence-corrected chi connectivity index (χ1v) is 7.92. The maximum Gasteiger partial charge on any atom is 0.259 e. The molecule has 0 fully saturated rings. The zero-order valence-corrected chi connectivity index (χ0v) is 14.2. The lowest BCUT2D eigenvalue weighted by molar-refractivity contribution is 0.102. The molecule has 1 N–H and O–H groups in total. The molecule has 0 spiro atoms. The highest BCUT2D eigenvalue weighted by atomic mass is 35.5. The van der Waals surface area contributed by atoms with Crippen molar-refractivity contribution in [1.29, 1.82) is 0 Å². The van der Waals surface area contributed by atoms with Crippen LogP contribution in [0.15, 0.2) is 48.7 Å². The van der Waals surface area contributed by atoms with Crippen molar-refractivity contribution in [2.24, 2.45) is 0 Å². The van der Waals surface area contributed by atoms with Crippen LogP contribution < -0.4 is 5.32 Å². The van der Waals surface area contributed by atoms with Crippen LogP contribution in [-0.4, -0.2) is 15.7 Å². The van der Waals surface area contributed by atoms with Crippen LogP contribution in [0.25, 0.3) is 0 Å². The van der Waals surface area contributed by atoms with E-state index < -0.39 is 17.5 Å². The lowest BCUT2D eigenvalue weighted by atomic mass is 10.2. The van der Waals surface area contributed by atoms with E-state index in [9.17, 15) is 13.6 Å². The summed E-state index contributed by atoms with van der Waals surface area (Å²) in [6, 6.07) is 9.35. The molecule has 0 radical (unpaired) electrons. The maximum absolute atomic E-state index is 13.7. The van der Waals surface area contributed by atoms with E-state index in [0.29, 0.717) is 21.9 Å². The third kappa shape index (κ3) is 3.97. The molecule has 3 aromatic rings. The second kappa shape index (κ2) is 7.21. The average molecular weight is 382 g/mol. The van der Waals surface area contributed by atoms with Crippen molar-refractivity contribution in [1.82, 2.24) is 9.78 Å². The first kappa shape index (κ1) is 17.4. The van der Waals surface area contributed by atoms with Crippen LogP contribution >= 0.6 is 23.2 Å². The van der Waals surface area contributed by atoms with E-state index in [4.69, 9.17) is 23.2 Å². The molecule has 0 aliphatic heterocycles. The van der Waals surface area contributed by atoms with Gasteiger partial charge in [0.05, 0.1) is 18.3 Å². The second-order valence-corrected chi connectivity index (χ2v) is 6.03. The number of nitrogens with zero attached hydrogens (tertiary/aromatic N) is 2. The Labute approximate surface area is 152 Å². The van der Waals surface area contributed by atoms with Gasteiger partial charge in [-0.15, -0.1) is 0 Å². The molecule has 3 rings (SSSR count). The fourth-order valence-corrected chi connectivity index (χ4v) is 2.70. The maximum atomic E-state index is 13.7. The largest absolute Gasteiger partial charge is 0.307 e. The number of hydrogen-bond acceptors (Lipinski definition) is 2. The molecule has 128 valence electrons. The number of carbonyl (C=O) groups is 1. The molecule has 0 saturated heterocycles. The fourth-order valence-electron chi connectivity index (χ4n) is 2.23. The smallest absolute Gasteiger partial charge is 0.259 e. The van der Waals surface area contributed by atoms with Crippen LogP contribution in [0.1, 0.15) is 15.9 Å². The van der Waals surface area contributed by atoms with E-state index in [1.165, 1.54) is 10.9 Å². The highest BCUT2D eigenvalue weighted by Gasteiger charge is 2.15. The summed E-state index contributed by atoms with van der Waals surface area (Å²) in [7, 11) is 0. The van der Waals surface area contributed by atoms with Gasteiger partial charge in [0.1, 0.15) is 17.5 Å². The quantitative estimate of drug-likeness (QED) is 0.707. The number of carbonyl (C=O) groups excluding carboxylic acids is 1. The molecular weight excluding hydrogens is 371 g/mol. The molecule has 0 bridgehead atoms. The highest BCUT2D eigenvalue weighted by molar-refractivity contribution is 6.35. The van der Waals surface area contributed by atoms with Crippen LogP contribution in [0.2, 0.25) is 10.0 Å². The van der Waals surface area contributed by atoms with E-state index in [2.05, 4.69) is 10.4 Å². The van der Waals surface area contributed by atoms with Crippen molar-refractivity contribution >= 4 is 34.9 Å². The summed E-state index contributed by atoms with van der Waals surface area (Å²) in [5.41, 5.74) is 0.483. The Balaban J connectivity index is 1.81. The monoisotopic (exact) mass is 381 g/mol. The molecule has 0 unspecified atom stereocenters. The molecule has 2 aromatic carbocycles. The molecule has 0 aliphatic carbocycles. The lowest BCUT2D eigenvalue weighted by Gasteiger charge is -2.11. The van der Waals surface area contributed by atoms with Crippen LogP contribution in [0.5, 0.6) is 0 Å². The molecule has 1 amide bonds. The minimum Gasteiger partial charge on any atom is -0.307 e. The number of rotatable bonds is 4. The second-order valence-electron chi connectivity index (χ2n) is 5.19. The third-order valence-electron chi connectivity index (χ3n) is 3.47. The van der Waals surface area contributed by atoms with Gasteiger partial charge in [-0.3, -0.25) is 4.79 Å². The van der Waals surface area contributed by atoms with Crippen LogP contribution in [0.4, 0.5) is 14.6 Å². The topological polar surface area (TPSA) is 46.9 Å². The molecule has 4 nitrogen and oxygen atoms in total. The Morgan fingerprint density at radius 3 is 2.64 bits per heavy atom. The number of aromatic nitrogens is 2. The number of anilines is 1. The third-order valence-corrected chi connectivity index (χ3v) is 4.06. The molecule has 1 heterocycles. The van der Waals surface area contributed by atoms with Gasteiger partial charge in [-0.05, 0) is 29.8 Å². The molecule has 25 heavy (non-hydrogen) atoms. The van der Waals surface area contributed by atoms with E-state index >= 15 is 0 Å². The van der Waals surface area contributed by atoms with Gasteiger partial charge in [0, 0.05) is 22.2 Å². The Morgan fingerprint density at radius 1 is 1.12 bits per heavy atom. The van der Waals surface area contributed by atoms with Crippen LogP contribution in [-0.2, 0) is 6.54 Å². The Morgan fingerprint density at radius 2 is 1.92 bits per heavy atom. The average Bonchev–Trinajstić information content (AvgIpc) is 2.97. The van der Waals surface area contributed by atoms with Crippen molar-refractivity contribution in [2.45, 2.75) is 6.54 Å². The van der Waals surface area contributed by atoms with Crippen molar-refractivity contribution < 1.29 is 13.6 Å².